The van der Waals surface area contributed by atoms with E-state index in [1.54, 1.807) is 0 Å². The lowest BCUT2D eigenvalue weighted by Gasteiger charge is -2.21. The Morgan fingerprint density at radius 1 is 0.261 bits per heavy atom. The largest absolute Gasteiger partial charge is 0.472 e. The molecule has 5 atom stereocenters. The highest BCUT2D eigenvalue weighted by Crippen LogP contribution is 2.45. The Morgan fingerprint density at radius 3 is 0.766 bits per heavy atom. The first-order chi connectivity index (χ1) is 54.2. The van der Waals surface area contributed by atoms with Gasteiger partial charge >= 0.3 is 33.6 Å². The lowest BCUT2D eigenvalue weighted by molar-refractivity contribution is -0.161. The summed E-state index contributed by atoms with van der Waals surface area (Å²) in [5.41, 5.74) is 0. The van der Waals surface area contributed by atoms with Crippen molar-refractivity contribution in [3.8, 4) is 0 Å². The molecule has 0 saturated heterocycles. The zero-order chi connectivity index (χ0) is 80.8. The van der Waals surface area contributed by atoms with Crippen molar-refractivity contribution in [2.45, 2.75) is 399 Å². The molecular weight excluding hydrogens is 1430 g/mol. The van der Waals surface area contributed by atoms with E-state index in [1.807, 2.05) is 0 Å². The molecule has 0 aromatic rings. The fourth-order valence-corrected chi connectivity index (χ4v) is 13.7. The number of hydrogen-bond acceptors (Lipinski definition) is 14. The van der Waals surface area contributed by atoms with Gasteiger partial charge in [0.25, 0.3) is 0 Å². The molecule has 0 aliphatic rings. The SMILES string of the molecule is CC/C=C\C/C=C\C/C=C\C/C=C\C/C=C\CCCCCCCCCCCCCCCCCCCC(=O)OCC(O)COP(=O)(O)OCC(O)COP(=O)(O)OCC(COC(=O)CCCCCCCCCCCCCCCCC/C=C\C/C=C\C/C=C\C/C=C\C/C=C\CC)OC(=O)CCCCCCC/C=C\CCCC. The molecule has 16 nitrogen and oxygen atoms in total. The van der Waals surface area contributed by atoms with E-state index in [0.29, 0.717) is 19.3 Å². The molecule has 0 amide bonds. The second-order valence-corrected chi connectivity index (χ2v) is 32.5. The topological polar surface area (TPSA) is 231 Å². The van der Waals surface area contributed by atoms with E-state index in [4.69, 9.17) is 32.3 Å². The van der Waals surface area contributed by atoms with Crippen molar-refractivity contribution in [1.29, 1.82) is 0 Å². The highest BCUT2D eigenvalue weighted by molar-refractivity contribution is 7.47. The number of carbonyl (C=O) groups excluding carboxylic acids is 3. The minimum atomic E-state index is -4.93. The van der Waals surface area contributed by atoms with Gasteiger partial charge in [-0.05, 0) is 128 Å². The van der Waals surface area contributed by atoms with Gasteiger partial charge < -0.3 is 34.2 Å². The molecule has 4 N–H and O–H groups in total. The molecule has 0 aliphatic carbocycles. The molecule has 0 rings (SSSR count). The van der Waals surface area contributed by atoms with Crippen molar-refractivity contribution >= 4 is 33.6 Å². The molecule has 0 bridgehead atoms. The van der Waals surface area contributed by atoms with Crippen LogP contribution in [0.5, 0.6) is 0 Å². The number of rotatable bonds is 84. The smallest absolute Gasteiger partial charge is 0.463 e. The predicted octanol–water partition coefficient (Wildman–Crippen LogP) is 27.0. The lowest BCUT2D eigenvalue weighted by Crippen LogP contribution is -2.30. The van der Waals surface area contributed by atoms with Gasteiger partial charge in [0.15, 0.2) is 6.10 Å². The van der Waals surface area contributed by atoms with Crippen LogP contribution in [0.2, 0.25) is 0 Å². The van der Waals surface area contributed by atoms with Crippen LogP contribution in [0.1, 0.15) is 380 Å². The molecule has 18 heteroatoms. The number of aliphatic hydroxyl groups is 2. The van der Waals surface area contributed by atoms with Crippen molar-refractivity contribution in [1.82, 2.24) is 0 Å². The maximum absolute atomic E-state index is 12.9. The van der Waals surface area contributed by atoms with E-state index in [-0.39, 0.29) is 19.3 Å². The summed E-state index contributed by atoms with van der Waals surface area (Å²) in [5, 5.41) is 20.7. The molecule has 640 valence electrons. The molecule has 0 spiro atoms. The monoisotopic (exact) mass is 1600 g/mol. The summed E-state index contributed by atoms with van der Waals surface area (Å²) in [6.07, 6.45) is 105. The standard InChI is InChI=1S/C93H162O16P2/c1-4-7-10-13-16-19-22-24-26-28-30-32-34-36-38-40-42-43-45-47-48-50-52-54-56-58-60-62-65-67-70-73-76-79-91(96)103-82-88(94)83-105-110(99,100)106-84-89(95)85-107-111(101,102)108-87-90(109-93(98)81-78-75-72-69-64-21-18-15-12-9-6-3)86-104-92(97)80-77-74-71-68-66-63-61-59-57-55-53-51-49-46-44-41-39-37-35-33-31-29-27-25-23-20-17-14-11-8-5-2/h7-8,10-11,15-20,24-27,30-33,36-39,88-90,94-95H,4-6,9,12-14,21-23,28-29,34-35,40-87H2,1-3H3,(H,99,100)(H,101,102)/b10-7-,11-8-,18-15-,19-16-,20-17-,26-24-,27-25-,32-30-,33-31-,38-36-,39-37-. The summed E-state index contributed by atoms with van der Waals surface area (Å²) in [6, 6.07) is 0. The fourth-order valence-electron chi connectivity index (χ4n) is 12.1. The first kappa shape index (κ1) is 107. The van der Waals surface area contributed by atoms with Crippen LogP contribution >= 0.6 is 15.6 Å². The Balaban J connectivity index is 4.34. The van der Waals surface area contributed by atoms with Crippen LogP contribution in [0, 0.1) is 0 Å². The molecule has 0 saturated carbocycles. The number of aliphatic hydroxyl groups excluding tert-OH is 2. The van der Waals surface area contributed by atoms with Gasteiger partial charge in [-0.2, -0.15) is 0 Å². The van der Waals surface area contributed by atoms with Crippen LogP contribution < -0.4 is 0 Å². The summed E-state index contributed by atoms with van der Waals surface area (Å²) >= 11 is 0. The van der Waals surface area contributed by atoms with Crippen LogP contribution in [0.3, 0.4) is 0 Å². The molecule has 111 heavy (non-hydrogen) atoms. The number of unbranched alkanes of at least 4 members (excludes halogenated alkanes) is 39. The second-order valence-electron chi connectivity index (χ2n) is 29.6. The minimum absolute atomic E-state index is 0.0946. The minimum Gasteiger partial charge on any atom is -0.463 e. The molecular formula is C93H162O16P2. The molecule has 5 unspecified atom stereocenters. The number of esters is 3. The van der Waals surface area contributed by atoms with Gasteiger partial charge in [0.05, 0.1) is 26.4 Å². The van der Waals surface area contributed by atoms with Crippen LogP contribution in [0.4, 0.5) is 0 Å². The van der Waals surface area contributed by atoms with E-state index in [0.717, 1.165) is 141 Å². The van der Waals surface area contributed by atoms with Crippen LogP contribution in [-0.4, -0.2) is 95.9 Å². The summed E-state index contributed by atoms with van der Waals surface area (Å²) in [7, 11) is -9.79. The first-order valence-electron chi connectivity index (χ1n) is 44.5. The molecule has 0 aromatic carbocycles. The maximum atomic E-state index is 12.9. The van der Waals surface area contributed by atoms with E-state index >= 15 is 0 Å². The summed E-state index contributed by atoms with van der Waals surface area (Å²) in [5.74, 6) is -1.57. The Kier molecular flexibility index (Phi) is 81.8. The van der Waals surface area contributed by atoms with Crippen molar-refractivity contribution in [2.75, 3.05) is 39.6 Å². The van der Waals surface area contributed by atoms with Gasteiger partial charge in [-0.25, -0.2) is 9.13 Å². The first-order valence-corrected chi connectivity index (χ1v) is 47.5. The summed E-state index contributed by atoms with van der Waals surface area (Å²) < 4.78 is 61.2. The predicted molar refractivity (Wildman–Crippen MR) is 463 cm³/mol. The second kappa shape index (κ2) is 85.1. The quantitative estimate of drug-likeness (QED) is 0.0146. The Hall–Kier alpha value is -4.31. The van der Waals surface area contributed by atoms with Gasteiger partial charge in [-0.1, -0.05) is 366 Å². The average molecular weight is 1600 g/mol. The summed E-state index contributed by atoms with van der Waals surface area (Å²) in [4.78, 5) is 58.7. The number of carbonyl (C=O) groups is 3. The van der Waals surface area contributed by atoms with E-state index in [1.165, 1.54) is 180 Å². The van der Waals surface area contributed by atoms with Crippen molar-refractivity contribution in [3.63, 3.8) is 0 Å². The maximum Gasteiger partial charge on any atom is 0.472 e. The number of phosphoric ester groups is 2. The Bertz CT molecular complexity index is 2550. The summed E-state index contributed by atoms with van der Waals surface area (Å²) in [6.45, 7) is 2.45. The molecule has 0 heterocycles. The van der Waals surface area contributed by atoms with Gasteiger partial charge in [-0.3, -0.25) is 32.5 Å². The molecule has 0 aromatic heterocycles. The van der Waals surface area contributed by atoms with E-state index in [9.17, 15) is 43.5 Å². The zero-order valence-electron chi connectivity index (χ0n) is 70.4. The van der Waals surface area contributed by atoms with Gasteiger partial charge in [0.2, 0.25) is 0 Å². The Morgan fingerprint density at radius 2 is 0.477 bits per heavy atom. The van der Waals surface area contributed by atoms with Crippen LogP contribution in [-0.2, 0) is 55.8 Å². The van der Waals surface area contributed by atoms with Crippen molar-refractivity contribution < 1.29 is 75.8 Å². The lowest BCUT2D eigenvalue weighted by atomic mass is 10.0. The van der Waals surface area contributed by atoms with Crippen molar-refractivity contribution in [2.24, 2.45) is 0 Å². The molecule has 0 radical (unpaired) electrons. The number of phosphoric acid groups is 2. The van der Waals surface area contributed by atoms with Gasteiger partial charge in [-0.15, -0.1) is 0 Å². The van der Waals surface area contributed by atoms with E-state index in [2.05, 4.69) is 154 Å². The van der Waals surface area contributed by atoms with E-state index < -0.39 is 91.5 Å². The molecule has 0 fully saturated rings. The highest BCUT2D eigenvalue weighted by Gasteiger charge is 2.29. The zero-order valence-corrected chi connectivity index (χ0v) is 72.1. The van der Waals surface area contributed by atoms with Crippen LogP contribution in [0.15, 0.2) is 134 Å². The van der Waals surface area contributed by atoms with Crippen LogP contribution in [0.25, 0.3) is 0 Å². The average Bonchev–Trinajstić information content (AvgIpc) is 0.898. The van der Waals surface area contributed by atoms with Gasteiger partial charge in [0.1, 0.15) is 25.4 Å². The third-order valence-corrected chi connectivity index (χ3v) is 20.7. The Labute approximate surface area is 677 Å². The molecule has 0 aliphatic heterocycles. The number of hydrogen-bond donors (Lipinski definition) is 4. The third kappa shape index (κ3) is 86.4. The van der Waals surface area contributed by atoms with Crippen molar-refractivity contribution in [3.05, 3.63) is 134 Å². The number of ether oxygens (including phenoxy) is 3. The fraction of sp³-hybridized carbons (Fsp3) is 0.731. The highest BCUT2D eigenvalue weighted by atomic mass is 31.2. The normalized spacial score (nSPS) is 14.5. The number of allylic oxidation sites excluding steroid dienone is 22. The third-order valence-electron chi connectivity index (χ3n) is 18.8. The van der Waals surface area contributed by atoms with Gasteiger partial charge in [0, 0.05) is 19.3 Å².